The molecule has 0 aliphatic rings. The predicted octanol–water partition coefficient (Wildman–Crippen LogP) is 3.38. The summed E-state index contributed by atoms with van der Waals surface area (Å²) in [6, 6.07) is 7.59. The fraction of sp³-hybridized carbons (Fsp3) is 0.500. The Hall–Kier alpha value is -1.69. The summed E-state index contributed by atoms with van der Waals surface area (Å²) in [5.41, 5.74) is 7.83. The second kappa shape index (κ2) is 6.80. The zero-order valence-electron chi connectivity index (χ0n) is 10.7. The summed E-state index contributed by atoms with van der Waals surface area (Å²) in [6.07, 6.45) is 3.62. The third-order valence-corrected chi connectivity index (χ3v) is 2.75. The second-order valence-electron chi connectivity index (χ2n) is 4.70. The zero-order valence-corrected chi connectivity index (χ0v) is 10.7. The van der Waals surface area contributed by atoms with Crippen molar-refractivity contribution in [2.45, 2.75) is 33.1 Å². The first kappa shape index (κ1) is 13.4. The summed E-state index contributed by atoms with van der Waals surface area (Å²) in [5, 5.41) is 12.1. The van der Waals surface area contributed by atoms with Gasteiger partial charge in [0, 0.05) is 6.54 Å². The molecule has 0 unspecified atom stereocenters. The molecule has 1 aromatic rings. The quantitative estimate of drug-likeness (QED) is 0.582. The van der Waals surface area contributed by atoms with Crippen LogP contribution in [0.25, 0.3) is 0 Å². The predicted molar refractivity (Wildman–Crippen MR) is 72.7 cm³/mol. The van der Waals surface area contributed by atoms with E-state index < -0.39 is 0 Å². The number of nitrogens with zero attached hydrogens (tertiary/aromatic N) is 1. The van der Waals surface area contributed by atoms with Crippen molar-refractivity contribution in [3.8, 4) is 6.07 Å². The molecule has 0 aliphatic heterocycles. The lowest BCUT2D eigenvalue weighted by molar-refractivity contribution is 0.545. The van der Waals surface area contributed by atoms with E-state index in [2.05, 4.69) is 25.2 Å². The Balaban J connectivity index is 2.40. The highest BCUT2D eigenvalue weighted by molar-refractivity contribution is 5.72. The van der Waals surface area contributed by atoms with E-state index in [9.17, 15) is 0 Å². The summed E-state index contributed by atoms with van der Waals surface area (Å²) in [6.45, 7) is 5.38. The average molecular weight is 231 g/mol. The molecule has 3 heteroatoms. The summed E-state index contributed by atoms with van der Waals surface area (Å²) < 4.78 is 0. The molecule has 0 fully saturated rings. The highest BCUT2D eigenvalue weighted by Gasteiger charge is 2.03. The van der Waals surface area contributed by atoms with E-state index in [1.165, 1.54) is 12.8 Å². The molecular weight excluding hydrogens is 210 g/mol. The highest BCUT2D eigenvalue weighted by atomic mass is 14.9. The number of rotatable bonds is 6. The monoisotopic (exact) mass is 231 g/mol. The molecule has 1 aromatic carbocycles. The van der Waals surface area contributed by atoms with E-state index in [1.807, 2.05) is 12.1 Å². The van der Waals surface area contributed by atoms with Crippen molar-refractivity contribution in [1.82, 2.24) is 0 Å². The molecule has 0 bridgehead atoms. The van der Waals surface area contributed by atoms with Crippen molar-refractivity contribution in [3.63, 3.8) is 0 Å². The van der Waals surface area contributed by atoms with Crippen LogP contribution in [-0.2, 0) is 0 Å². The minimum absolute atomic E-state index is 0.539. The lowest BCUT2D eigenvalue weighted by Crippen LogP contribution is -2.05. The van der Waals surface area contributed by atoms with Crippen molar-refractivity contribution >= 4 is 11.4 Å². The molecule has 0 heterocycles. The van der Waals surface area contributed by atoms with E-state index >= 15 is 0 Å². The van der Waals surface area contributed by atoms with Gasteiger partial charge in [0.2, 0.25) is 0 Å². The van der Waals surface area contributed by atoms with Crippen molar-refractivity contribution in [3.05, 3.63) is 23.8 Å². The van der Waals surface area contributed by atoms with Gasteiger partial charge in [-0.2, -0.15) is 5.26 Å². The van der Waals surface area contributed by atoms with Gasteiger partial charge in [0.25, 0.3) is 0 Å². The van der Waals surface area contributed by atoms with Crippen LogP contribution in [0.4, 0.5) is 11.4 Å². The van der Waals surface area contributed by atoms with Crippen LogP contribution in [0, 0.1) is 17.2 Å². The molecular formula is C14H21N3. The Kier molecular flexibility index (Phi) is 5.35. The molecule has 92 valence electrons. The van der Waals surface area contributed by atoms with E-state index in [4.69, 9.17) is 11.0 Å². The number of nitriles is 1. The number of nitrogens with one attached hydrogen (secondary N) is 1. The van der Waals surface area contributed by atoms with Crippen LogP contribution in [0.1, 0.15) is 38.7 Å². The lowest BCUT2D eigenvalue weighted by Gasteiger charge is -2.10. The number of hydrogen-bond acceptors (Lipinski definition) is 3. The summed E-state index contributed by atoms with van der Waals surface area (Å²) in [4.78, 5) is 0. The number of unbranched alkanes of at least 4 members (excludes halogenated alkanes) is 1. The SMILES string of the molecule is CC(C)CCCCNc1cccc(C#N)c1N. The standard InChI is InChI=1S/C14H21N3/c1-11(2)6-3-4-9-17-13-8-5-7-12(10-15)14(13)16/h5,7-8,11,17H,3-4,6,9,16H2,1-2H3. The number of nitrogens with two attached hydrogens (primary N) is 1. The largest absolute Gasteiger partial charge is 0.396 e. The van der Waals surface area contributed by atoms with E-state index in [-0.39, 0.29) is 0 Å². The Morgan fingerprint density at radius 2 is 2.12 bits per heavy atom. The van der Waals surface area contributed by atoms with Crippen LogP contribution in [-0.4, -0.2) is 6.54 Å². The average Bonchev–Trinajstić information content (AvgIpc) is 2.30. The van der Waals surface area contributed by atoms with Crippen LogP contribution < -0.4 is 11.1 Å². The molecule has 17 heavy (non-hydrogen) atoms. The van der Waals surface area contributed by atoms with Crippen molar-refractivity contribution < 1.29 is 0 Å². The zero-order chi connectivity index (χ0) is 12.7. The van der Waals surface area contributed by atoms with Gasteiger partial charge in [-0.15, -0.1) is 0 Å². The summed E-state index contributed by atoms with van der Waals surface area (Å²) in [7, 11) is 0. The van der Waals surface area contributed by atoms with E-state index in [0.717, 1.165) is 24.6 Å². The summed E-state index contributed by atoms with van der Waals surface area (Å²) in [5.74, 6) is 0.766. The maximum Gasteiger partial charge on any atom is 0.101 e. The van der Waals surface area contributed by atoms with Gasteiger partial charge in [0.15, 0.2) is 0 Å². The minimum atomic E-state index is 0.539. The molecule has 0 amide bonds. The Labute approximate surface area is 104 Å². The van der Waals surface area contributed by atoms with E-state index in [1.54, 1.807) is 6.07 Å². The number of para-hydroxylation sites is 1. The maximum atomic E-state index is 8.86. The van der Waals surface area contributed by atoms with Crippen molar-refractivity contribution in [2.24, 2.45) is 5.92 Å². The molecule has 1 rings (SSSR count). The van der Waals surface area contributed by atoms with E-state index in [0.29, 0.717) is 11.3 Å². The van der Waals surface area contributed by atoms with Gasteiger partial charge in [-0.05, 0) is 24.5 Å². The molecule has 0 aromatic heterocycles. The molecule has 0 radical (unpaired) electrons. The number of benzene rings is 1. The molecule has 0 saturated carbocycles. The van der Waals surface area contributed by atoms with Crippen LogP contribution in [0.5, 0.6) is 0 Å². The van der Waals surface area contributed by atoms with Crippen LogP contribution in [0.15, 0.2) is 18.2 Å². The van der Waals surface area contributed by atoms with Gasteiger partial charge in [0.05, 0.1) is 16.9 Å². The Bertz CT molecular complexity index is 391. The van der Waals surface area contributed by atoms with Gasteiger partial charge in [-0.3, -0.25) is 0 Å². The number of anilines is 2. The van der Waals surface area contributed by atoms with Crippen molar-refractivity contribution in [1.29, 1.82) is 5.26 Å². The first-order valence-electron chi connectivity index (χ1n) is 6.17. The second-order valence-corrected chi connectivity index (χ2v) is 4.70. The van der Waals surface area contributed by atoms with Gasteiger partial charge < -0.3 is 11.1 Å². The fourth-order valence-corrected chi connectivity index (χ4v) is 1.72. The van der Waals surface area contributed by atoms with Crippen molar-refractivity contribution in [2.75, 3.05) is 17.6 Å². The Morgan fingerprint density at radius 3 is 2.76 bits per heavy atom. The minimum Gasteiger partial charge on any atom is -0.396 e. The third kappa shape index (κ3) is 4.36. The fourth-order valence-electron chi connectivity index (χ4n) is 1.72. The lowest BCUT2D eigenvalue weighted by atomic mass is 10.1. The first-order chi connectivity index (χ1) is 8.15. The van der Waals surface area contributed by atoms with Gasteiger partial charge >= 0.3 is 0 Å². The molecule has 3 N–H and O–H groups in total. The number of hydrogen-bond donors (Lipinski definition) is 2. The highest BCUT2D eigenvalue weighted by Crippen LogP contribution is 2.21. The van der Waals surface area contributed by atoms with Gasteiger partial charge in [-0.25, -0.2) is 0 Å². The smallest absolute Gasteiger partial charge is 0.101 e. The normalized spacial score (nSPS) is 10.2. The summed E-state index contributed by atoms with van der Waals surface area (Å²) >= 11 is 0. The van der Waals surface area contributed by atoms with Gasteiger partial charge in [-0.1, -0.05) is 32.8 Å². The van der Waals surface area contributed by atoms with Gasteiger partial charge in [0.1, 0.15) is 6.07 Å². The molecule has 0 aliphatic carbocycles. The van der Waals surface area contributed by atoms with Crippen LogP contribution >= 0.6 is 0 Å². The molecule has 0 spiro atoms. The van der Waals surface area contributed by atoms with Crippen LogP contribution in [0.3, 0.4) is 0 Å². The maximum absolute atomic E-state index is 8.86. The topological polar surface area (TPSA) is 61.8 Å². The molecule has 0 saturated heterocycles. The number of nitrogen functional groups attached to an aromatic ring is 1. The molecule has 3 nitrogen and oxygen atoms in total. The molecule has 0 atom stereocenters. The van der Waals surface area contributed by atoms with Crippen LogP contribution in [0.2, 0.25) is 0 Å². The first-order valence-corrected chi connectivity index (χ1v) is 6.17. The third-order valence-electron chi connectivity index (χ3n) is 2.75. The Morgan fingerprint density at radius 1 is 1.35 bits per heavy atom.